The van der Waals surface area contributed by atoms with Gasteiger partial charge < -0.3 is 0 Å². The van der Waals surface area contributed by atoms with E-state index in [0.717, 1.165) is 5.69 Å². The van der Waals surface area contributed by atoms with Crippen LogP contribution in [0.25, 0.3) is 22.0 Å². The standard InChI is InChI=1S/C21H23N/c1-14-10-17(12-18(11-14)21(3,4)5)20-15(2)19-9-7-6-8-16(19)13-22-20/h6-13H,1-5H3. The average molecular weight is 289 g/mol. The number of aromatic nitrogens is 1. The monoisotopic (exact) mass is 289 g/mol. The van der Waals surface area contributed by atoms with Crippen molar-refractivity contribution in [1.82, 2.24) is 4.98 Å². The third kappa shape index (κ3) is 2.64. The van der Waals surface area contributed by atoms with Gasteiger partial charge >= 0.3 is 0 Å². The molecule has 0 spiro atoms. The van der Waals surface area contributed by atoms with Crippen LogP contribution in [0.15, 0.2) is 48.7 Å². The van der Waals surface area contributed by atoms with E-state index in [2.05, 4.69) is 77.1 Å². The van der Waals surface area contributed by atoms with Gasteiger partial charge in [0.1, 0.15) is 0 Å². The molecular formula is C21H23N. The van der Waals surface area contributed by atoms with Gasteiger partial charge in [0.15, 0.2) is 0 Å². The van der Waals surface area contributed by atoms with Gasteiger partial charge in [0.25, 0.3) is 0 Å². The van der Waals surface area contributed by atoms with Crippen LogP contribution < -0.4 is 0 Å². The average Bonchev–Trinajstić information content (AvgIpc) is 2.46. The smallest absolute Gasteiger partial charge is 0.0737 e. The Morgan fingerprint density at radius 2 is 1.64 bits per heavy atom. The number of pyridine rings is 1. The molecule has 0 saturated heterocycles. The van der Waals surface area contributed by atoms with Gasteiger partial charge in [-0.2, -0.15) is 0 Å². The molecule has 3 rings (SSSR count). The van der Waals surface area contributed by atoms with Gasteiger partial charge in [0.05, 0.1) is 5.69 Å². The van der Waals surface area contributed by atoms with Crippen LogP contribution in [0.1, 0.15) is 37.5 Å². The lowest BCUT2D eigenvalue weighted by Gasteiger charge is -2.21. The number of hydrogen-bond donors (Lipinski definition) is 0. The summed E-state index contributed by atoms with van der Waals surface area (Å²) in [7, 11) is 0. The van der Waals surface area contributed by atoms with Gasteiger partial charge in [-0.3, -0.25) is 4.98 Å². The highest BCUT2D eigenvalue weighted by atomic mass is 14.7. The molecule has 22 heavy (non-hydrogen) atoms. The lowest BCUT2D eigenvalue weighted by Crippen LogP contribution is -2.11. The number of rotatable bonds is 1. The summed E-state index contributed by atoms with van der Waals surface area (Å²) in [5.74, 6) is 0. The van der Waals surface area contributed by atoms with Crippen LogP contribution in [0.2, 0.25) is 0 Å². The zero-order valence-electron chi connectivity index (χ0n) is 14.1. The Kier molecular flexibility index (Phi) is 3.52. The lowest BCUT2D eigenvalue weighted by molar-refractivity contribution is 0.590. The first-order valence-corrected chi connectivity index (χ1v) is 7.83. The second-order valence-corrected chi connectivity index (χ2v) is 7.16. The van der Waals surface area contributed by atoms with E-state index in [9.17, 15) is 0 Å². The van der Waals surface area contributed by atoms with Crippen molar-refractivity contribution in [2.45, 2.75) is 40.0 Å². The Balaban J connectivity index is 2.24. The van der Waals surface area contributed by atoms with E-state index < -0.39 is 0 Å². The fourth-order valence-electron chi connectivity index (χ4n) is 2.95. The minimum absolute atomic E-state index is 0.144. The predicted octanol–water partition coefficient (Wildman–Crippen LogP) is 5.82. The molecule has 0 unspecified atom stereocenters. The van der Waals surface area contributed by atoms with Crippen LogP contribution in [0.3, 0.4) is 0 Å². The first kappa shape index (κ1) is 14.8. The summed E-state index contributed by atoms with van der Waals surface area (Å²) >= 11 is 0. The topological polar surface area (TPSA) is 12.9 Å². The van der Waals surface area contributed by atoms with Gasteiger partial charge in [0, 0.05) is 17.1 Å². The van der Waals surface area contributed by atoms with Crippen molar-refractivity contribution in [2.24, 2.45) is 0 Å². The van der Waals surface area contributed by atoms with Crippen molar-refractivity contribution >= 4 is 10.8 Å². The van der Waals surface area contributed by atoms with E-state index in [1.165, 1.54) is 33.0 Å². The number of fused-ring (bicyclic) bond motifs is 1. The summed E-state index contributed by atoms with van der Waals surface area (Å²) in [6.07, 6.45) is 1.98. The van der Waals surface area contributed by atoms with Gasteiger partial charge in [-0.05, 0) is 47.9 Å². The minimum Gasteiger partial charge on any atom is -0.255 e. The molecule has 3 aromatic rings. The van der Waals surface area contributed by atoms with Crippen molar-refractivity contribution in [3.05, 3.63) is 65.4 Å². The summed E-state index contributed by atoms with van der Waals surface area (Å²) in [6.45, 7) is 11.1. The zero-order chi connectivity index (χ0) is 15.9. The third-order valence-electron chi connectivity index (χ3n) is 4.27. The van der Waals surface area contributed by atoms with E-state index in [4.69, 9.17) is 4.98 Å². The summed E-state index contributed by atoms with van der Waals surface area (Å²) in [5.41, 5.74) is 6.35. The molecule has 0 amide bonds. The Morgan fingerprint density at radius 3 is 2.36 bits per heavy atom. The van der Waals surface area contributed by atoms with E-state index in [1.54, 1.807) is 0 Å². The number of aryl methyl sites for hydroxylation is 2. The van der Waals surface area contributed by atoms with Gasteiger partial charge in [-0.25, -0.2) is 0 Å². The molecule has 0 N–H and O–H groups in total. The second-order valence-electron chi connectivity index (χ2n) is 7.16. The van der Waals surface area contributed by atoms with Crippen LogP contribution in [0.5, 0.6) is 0 Å². The van der Waals surface area contributed by atoms with E-state index in [-0.39, 0.29) is 5.41 Å². The predicted molar refractivity (Wildman–Crippen MR) is 95.4 cm³/mol. The number of benzene rings is 2. The molecule has 0 aliphatic heterocycles. The third-order valence-corrected chi connectivity index (χ3v) is 4.27. The van der Waals surface area contributed by atoms with Crippen molar-refractivity contribution in [3.63, 3.8) is 0 Å². The molecule has 1 heteroatoms. The first-order chi connectivity index (χ1) is 10.4. The molecular weight excluding hydrogens is 266 g/mol. The molecule has 0 aliphatic rings. The Hall–Kier alpha value is -2.15. The summed E-state index contributed by atoms with van der Waals surface area (Å²) in [6, 6.07) is 15.3. The van der Waals surface area contributed by atoms with Crippen LogP contribution in [0.4, 0.5) is 0 Å². The molecule has 1 aromatic heterocycles. The molecule has 112 valence electrons. The SMILES string of the molecule is Cc1cc(-c2ncc3ccccc3c2C)cc(C(C)(C)C)c1. The van der Waals surface area contributed by atoms with Crippen LogP contribution >= 0.6 is 0 Å². The van der Waals surface area contributed by atoms with E-state index >= 15 is 0 Å². The fraction of sp³-hybridized carbons (Fsp3) is 0.286. The van der Waals surface area contributed by atoms with Crippen molar-refractivity contribution in [3.8, 4) is 11.3 Å². The molecule has 0 radical (unpaired) electrons. The molecule has 0 saturated carbocycles. The molecule has 0 atom stereocenters. The number of hydrogen-bond acceptors (Lipinski definition) is 1. The zero-order valence-corrected chi connectivity index (χ0v) is 14.1. The maximum Gasteiger partial charge on any atom is 0.0737 e. The fourth-order valence-corrected chi connectivity index (χ4v) is 2.95. The first-order valence-electron chi connectivity index (χ1n) is 7.83. The van der Waals surface area contributed by atoms with E-state index in [1.807, 2.05) is 6.20 Å². The van der Waals surface area contributed by atoms with Gasteiger partial charge in [-0.15, -0.1) is 0 Å². The number of nitrogens with zero attached hydrogens (tertiary/aromatic N) is 1. The maximum absolute atomic E-state index is 4.74. The Morgan fingerprint density at radius 1 is 0.909 bits per heavy atom. The molecule has 0 bridgehead atoms. The highest BCUT2D eigenvalue weighted by molar-refractivity contribution is 5.89. The van der Waals surface area contributed by atoms with E-state index in [0.29, 0.717) is 0 Å². The highest BCUT2D eigenvalue weighted by Crippen LogP contribution is 2.32. The Bertz CT molecular complexity index is 838. The highest BCUT2D eigenvalue weighted by Gasteiger charge is 2.16. The molecule has 1 nitrogen and oxygen atoms in total. The largest absolute Gasteiger partial charge is 0.255 e. The van der Waals surface area contributed by atoms with Gasteiger partial charge in [0.2, 0.25) is 0 Å². The normalized spacial score (nSPS) is 11.9. The minimum atomic E-state index is 0.144. The molecule has 0 aliphatic carbocycles. The molecule has 2 aromatic carbocycles. The van der Waals surface area contributed by atoms with Crippen molar-refractivity contribution in [1.29, 1.82) is 0 Å². The maximum atomic E-state index is 4.74. The second kappa shape index (κ2) is 5.24. The summed E-state index contributed by atoms with van der Waals surface area (Å²) in [5, 5.41) is 2.48. The van der Waals surface area contributed by atoms with Crippen molar-refractivity contribution < 1.29 is 0 Å². The van der Waals surface area contributed by atoms with Crippen LogP contribution in [-0.2, 0) is 5.41 Å². The lowest BCUT2D eigenvalue weighted by atomic mass is 9.84. The molecule has 0 fully saturated rings. The van der Waals surface area contributed by atoms with Crippen LogP contribution in [0, 0.1) is 13.8 Å². The summed E-state index contributed by atoms with van der Waals surface area (Å²) < 4.78 is 0. The quantitative estimate of drug-likeness (QED) is 0.550. The molecule has 1 heterocycles. The van der Waals surface area contributed by atoms with Crippen LogP contribution in [-0.4, -0.2) is 4.98 Å². The summed E-state index contributed by atoms with van der Waals surface area (Å²) in [4.78, 5) is 4.74. The van der Waals surface area contributed by atoms with Crippen molar-refractivity contribution in [2.75, 3.05) is 0 Å². The Labute approximate surface area is 133 Å². The van der Waals surface area contributed by atoms with Gasteiger partial charge in [-0.1, -0.05) is 56.7 Å².